The van der Waals surface area contributed by atoms with Gasteiger partial charge in [-0.25, -0.2) is 0 Å². The quantitative estimate of drug-likeness (QED) is 0.820. The van der Waals surface area contributed by atoms with Gasteiger partial charge in [0.2, 0.25) is 11.8 Å². The fraction of sp³-hybridized carbons (Fsp3) is 0.333. The van der Waals surface area contributed by atoms with Crippen molar-refractivity contribution in [3.05, 3.63) is 47.0 Å². The summed E-state index contributed by atoms with van der Waals surface area (Å²) in [6.07, 6.45) is 0.422. The Hall–Kier alpha value is -2.14. The summed E-state index contributed by atoms with van der Waals surface area (Å²) in [6, 6.07) is 7.97. The highest BCUT2D eigenvalue weighted by Crippen LogP contribution is 2.19. The Morgan fingerprint density at radius 2 is 2.05 bits per heavy atom. The van der Waals surface area contributed by atoms with Crippen LogP contribution in [0.3, 0.4) is 0 Å². The molecule has 2 amide bonds. The van der Waals surface area contributed by atoms with Gasteiger partial charge in [-0.1, -0.05) is 35.9 Å². The Morgan fingerprint density at radius 3 is 2.65 bits per heavy atom. The van der Waals surface area contributed by atoms with Gasteiger partial charge in [0.15, 0.2) is 0 Å². The Labute approximate surface area is 117 Å². The number of hydrogen-bond acceptors (Lipinski definition) is 3. The second-order valence-electron chi connectivity index (χ2n) is 5.02. The van der Waals surface area contributed by atoms with E-state index < -0.39 is 12.0 Å². The molecule has 0 saturated heterocycles. The number of aliphatic hydroxyl groups excluding tert-OH is 1. The number of rotatable bonds is 5. The van der Waals surface area contributed by atoms with E-state index in [1.807, 2.05) is 31.2 Å². The second kappa shape index (κ2) is 5.88. The molecule has 1 atom stereocenters. The van der Waals surface area contributed by atoms with E-state index in [-0.39, 0.29) is 12.3 Å². The van der Waals surface area contributed by atoms with Crippen LogP contribution in [-0.2, 0) is 16.1 Å². The van der Waals surface area contributed by atoms with Crippen molar-refractivity contribution < 1.29 is 14.7 Å². The van der Waals surface area contributed by atoms with Crippen molar-refractivity contribution >= 4 is 11.8 Å². The smallest absolute Gasteiger partial charge is 0.250 e. The molecule has 2 rings (SSSR count). The lowest BCUT2D eigenvalue weighted by molar-refractivity contribution is -0.127. The average molecular weight is 274 g/mol. The number of hydrogen-bond donors (Lipinski definition) is 2. The standard InChI is InChI=1S/C15H18N2O3/c1-10-2-4-11(5-3-10)9-17-7-6-12(15(17)20)8-13(18)14(16)19/h2-6,13,18H,7-9H2,1H3,(H2,16,19). The van der Waals surface area contributed by atoms with Gasteiger partial charge in [0.25, 0.3) is 0 Å². The molecule has 0 bridgehead atoms. The first kappa shape index (κ1) is 14.3. The number of aliphatic hydroxyl groups is 1. The number of amides is 2. The van der Waals surface area contributed by atoms with Crippen LogP contribution in [0, 0.1) is 6.92 Å². The lowest BCUT2D eigenvalue weighted by Gasteiger charge is -2.17. The molecule has 1 unspecified atom stereocenters. The van der Waals surface area contributed by atoms with Crippen LogP contribution in [0.25, 0.3) is 0 Å². The van der Waals surface area contributed by atoms with Crippen molar-refractivity contribution in [1.82, 2.24) is 4.90 Å². The van der Waals surface area contributed by atoms with Crippen molar-refractivity contribution in [3.8, 4) is 0 Å². The van der Waals surface area contributed by atoms with E-state index in [2.05, 4.69) is 0 Å². The Balaban J connectivity index is 1.96. The molecule has 1 aromatic rings. The topological polar surface area (TPSA) is 83.6 Å². The van der Waals surface area contributed by atoms with E-state index in [4.69, 9.17) is 5.73 Å². The largest absolute Gasteiger partial charge is 0.383 e. The van der Waals surface area contributed by atoms with E-state index in [9.17, 15) is 14.7 Å². The maximum Gasteiger partial charge on any atom is 0.250 e. The molecular formula is C15H18N2O3. The zero-order valence-electron chi connectivity index (χ0n) is 11.4. The van der Waals surface area contributed by atoms with E-state index in [0.29, 0.717) is 18.7 Å². The molecular weight excluding hydrogens is 256 g/mol. The van der Waals surface area contributed by atoms with E-state index in [1.165, 1.54) is 5.56 Å². The first-order valence-electron chi connectivity index (χ1n) is 6.48. The monoisotopic (exact) mass is 274 g/mol. The molecule has 3 N–H and O–H groups in total. The average Bonchev–Trinajstić information content (AvgIpc) is 2.74. The third kappa shape index (κ3) is 3.24. The van der Waals surface area contributed by atoms with E-state index in [1.54, 1.807) is 11.0 Å². The Bertz CT molecular complexity index is 549. The summed E-state index contributed by atoms with van der Waals surface area (Å²) < 4.78 is 0. The van der Waals surface area contributed by atoms with Crippen LogP contribution in [0.5, 0.6) is 0 Å². The molecule has 0 radical (unpaired) electrons. The van der Waals surface area contributed by atoms with Crippen molar-refractivity contribution in [3.63, 3.8) is 0 Å². The van der Waals surface area contributed by atoms with Crippen LogP contribution >= 0.6 is 0 Å². The molecule has 20 heavy (non-hydrogen) atoms. The number of nitrogens with zero attached hydrogens (tertiary/aromatic N) is 1. The minimum atomic E-state index is -1.30. The fourth-order valence-electron chi connectivity index (χ4n) is 2.12. The molecule has 5 nitrogen and oxygen atoms in total. The third-order valence-electron chi connectivity index (χ3n) is 3.36. The Morgan fingerprint density at radius 1 is 1.40 bits per heavy atom. The first-order chi connectivity index (χ1) is 9.47. The third-order valence-corrected chi connectivity index (χ3v) is 3.36. The van der Waals surface area contributed by atoms with Gasteiger partial charge in [0.1, 0.15) is 6.10 Å². The zero-order valence-corrected chi connectivity index (χ0v) is 11.4. The predicted octanol–water partition coefficient (Wildman–Crippen LogP) is 0.500. The van der Waals surface area contributed by atoms with Crippen molar-refractivity contribution in [1.29, 1.82) is 0 Å². The van der Waals surface area contributed by atoms with Gasteiger partial charge in [0.05, 0.1) is 0 Å². The van der Waals surface area contributed by atoms with Gasteiger partial charge in [0, 0.05) is 25.1 Å². The van der Waals surface area contributed by atoms with Gasteiger partial charge in [-0.2, -0.15) is 0 Å². The predicted molar refractivity (Wildman–Crippen MR) is 74.5 cm³/mol. The number of benzene rings is 1. The van der Waals surface area contributed by atoms with Crippen molar-refractivity contribution in [2.75, 3.05) is 6.54 Å². The summed E-state index contributed by atoms with van der Waals surface area (Å²) in [5.74, 6) is -0.957. The minimum Gasteiger partial charge on any atom is -0.383 e. The summed E-state index contributed by atoms with van der Waals surface area (Å²) in [7, 11) is 0. The summed E-state index contributed by atoms with van der Waals surface area (Å²) in [6.45, 7) is 3.02. The van der Waals surface area contributed by atoms with Crippen molar-refractivity contribution in [2.24, 2.45) is 5.73 Å². The van der Waals surface area contributed by atoms with Crippen LogP contribution in [0.15, 0.2) is 35.9 Å². The van der Waals surface area contributed by atoms with Crippen LogP contribution in [0.2, 0.25) is 0 Å². The van der Waals surface area contributed by atoms with Gasteiger partial charge < -0.3 is 15.7 Å². The van der Waals surface area contributed by atoms with E-state index in [0.717, 1.165) is 5.56 Å². The highest BCUT2D eigenvalue weighted by molar-refractivity contribution is 5.96. The molecule has 0 fully saturated rings. The molecule has 1 heterocycles. The SMILES string of the molecule is Cc1ccc(CN2CC=C(CC(O)C(N)=O)C2=O)cc1. The van der Waals surface area contributed by atoms with Gasteiger partial charge >= 0.3 is 0 Å². The molecule has 5 heteroatoms. The van der Waals surface area contributed by atoms with Crippen LogP contribution < -0.4 is 5.73 Å². The molecule has 1 aliphatic rings. The maximum absolute atomic E-state index is 12.1. The number of primary amides is 1. The number of nitrogens with two attached hydrogens (primary N) is 1. The molecule has 1 aliphatic heterocycles. The van der Waals surface area contributed by atoms with Crippen LogP contribution in [0.1, 0.15) is 17.5 Å². The Kier molecular flexibility index (Phi) is 4.20. The number of carbonyl (C=O) groups is 2. The van der Waals surface area contributed by atoms with Gasteiger partial charge in [-0.05, 0) is 12.5 Å². The summed E-state index contributed by atoms with van der Waals surface area (Å²) >= 11 is 0. The summed E-state index contributed by atoms with van der Waals surface area (Å²) in [5.41, 5.74) is 7.66. The molecule has 106 valence electrons. The molecule has 0 aromatic heterocycles. The lowest BCUT2D eigenvalue weighted by Crippen LogP contribution is -2.31. The summed E-state index contributed by atoms with van der Waals surface area (Å²) in [4.78, 5) is 24.6. The van der Waals surface area contributed by atoms with Crippen LogP contribution in [0.4, 0.5) is 0 Å². The first-order valence-corrected chi connectivity index (χ1v) is 6.48. The molecule has 0 aliphatic carbocycles. The lowest BCUT2D eigenvalue weighted by atomic mass is 10.1. The molecule has 1 aromatic carbocycles. The van der Waals surface area contributed by atoms with Crippen molar-refractivity contribution in [2.45, 2.75) is 26.0 Å². The normalized spacial score (nSPS) is 16.2. The zero-order chi connectivity index (χ0) is 14.7. The molecule has 0 saturated carbocycles. The van der Waals surface area contributed by atoms with E-state index >= 15 is 0 Å². The highest BCUT2D eigenvalue weighted by Gasteiger charge is 2.26. The fourth-order valence-corrected chi connectivity index (χ4v) is 2.12. The maximum atomic E-state index is 12.1. The second-order valence-corrected chi connectivity index (χ2v) is 5.02. The van der Waals surface area contributed by atoms with Crippen LogP contribution in [-0.4, -0.2) is 34.5 Å². The highest BCUT2D eigenvalue weighted by atomic mass is 16.3. The minimum absolute atomic E-state index is 0.0153. The van der Waals surface area contributed by atoms with Gasteiger partial charge in [-0.15, -0.1) is 0 Å². The summed E-state index contributed by atoms with van der Waals surface area (Å²) in [5, 5.41) is 9.43. The number of carbonyl (C=O) groups excluding carboxylic acids is 2. The van der Waals surface area contributed by atoms with Gasteiger partial charge in [-0.3, -0.25) is 9.59 Å². The number of aryl methyl sites for hydroxylation is 1. The molecule has 0 spiro atoms.